The summed E-state index contributed by atoms with van der Waals surface area (Å²) >= 11 is 1.70. The maximum atomic E-state index is 10.3. The van der Waals surface area contributed by atoms with E-state index in [1.807, 2.05) is 35.7 Å². The lowest BCUT2D eigenvalue weighted by Gasteiger charge is -1.99. The molecule has 1 heterocycles. The molecule has 0 saturated carbocycles. The first-order valence-electron chi connectivity index (χ1n) is 5.26. The molecule has 0 bridgehead atoms. The van der Waals surface area contributed by atoms with E-state index in [2.05, 4.69) is 23.2 Å². The molecule has 1 aromatic heterocycles. The zero-order chi connectivity index (χ0) is 11.9. The topological polar surface area (TPSA) is 29.4 Å². The number of isocyanates is 1. The van der Waals surface area contributed by atoms with E-state index < -0.39 is 0 Å². The van der Waals surface area contributed by atoms with Crippen LogP contribution in [-0.2, 0) is 11.2 Å². The molecule has 17 heavy (non-hydrogen) atoms. The lowest BCUT2D eigenvalue weighted by molar-refractivity contribution is 0.565. The summed E-state index contributed by atoms with van der Waals surface area (Å²) in [5.74, 6) is 0. The number of allylic oxidation sites excluding steroid dienone is 1. The Kier molecular flexibility index (Phi) is 4.03. The van der Waals surface area contributed by atoms with Gasteiger partial charge in [0.1, 0.15) is 0 Å². The molecule has 0 fully saturated rings. The molecule has 0 atom stereocenters. The fourth-order valence-corrected chi connectivity index (χ4v) is 2.18. The molecule has 2 rings (SSSR count). The zero-order valence-corrected chi connectivity index (χ0v) is 9.98. The van der Waals surface area contributed by atoms with Gasteiger partial charge in [0.15, 0.2) is 0 Å². The van der Waals surface area contributed by atoms with Crippen molar-refractivity contribution in [2.24, 2.45) is 4.99 Å². The minimum atomic E-state index is 0.693. The first-order chi connectivity index (χ1) is 8.40. The monoisotopic (exact) mass is 241 g/mol. The standard InChI is InChI=1S/C14H11NOS/c16-11-15-14-9-2-1-5-12(14)6-3-7-13-8-4-10-17-13/h1-5,7-10H,6H2/b7-3+. The van der Waals surface area contributed by atoms with Gasteiger partial charge in [0, 0.05) is 4.88 Å². The lowest BCUT2D eigenvalue weighted by Crippen LogP contribution is -1.81. The summed E-state index contributed by atoms with van der Waals surface area (Å²) in [6.07, 6.45) is 6.49. The molecule has 3 heteroatoms. The molecule has 1 aromatic carbocycles. The molecule has 0 spiro atoms. The lowest BCUT2D eigenvalue weighted by atomic mass is 10.1. The van der Waals surface area contributed by atoms with Crippen molar-refractivity contribution >= 4 is 29.2 Å². The van der Waals surface area contributed by atoms with E-state index >= 15 is 0 Å². The molecular formula is C14H11NOS. The predicted molar refractivity (Wildman–Crippen MR) is 71.3 cm³/mol. The third-order valence-corrected chi connectivity index (χ3v) is 3.16. The molecule has 84 valence electrons. The van der Waals surface area contributed by atoms with E-state index in [0.717, 1.165) is 12.0 Å². The number of hydrogen-bond donors (Lipinski definition) is 0. The van der Waals surface area contributed by atoms with Crippen LogP contribution >= 0.6 is 11.3 Å². The number of aliphatic imine (C=N–C) groups is 1. The van der Waals surface area contributed by atoms with Crippen molar-refractivity contribution in [2.45, 2.75) is 6.42 Å². The second kappa shape index (κ2) is 5.94. The van der Waals surface area contributed by atoms with Gasteiger partial charge in [-0.2, -0.15) is 4.99 Å². The maximum absolute atomic E-state index is 10.3. The third-order valence-electron chi connectivity index (χ3n) is 2.32. The highest BCUT2D eigenvalue weighted by atomic mass is 32.1. The van der Waals surface area contributed by atoms with Crippen LogP contribution in [0.15, 0.2) is 52.8 Å². The Morgan fingerprint density at radius 2 is 2.12 bits per heavy atom. The zero-order valence-electron chi connectivity index (χ0n) is 9.17. The Labute approximate surface area is 104 Å². The Hall–Kier alpha value is -1.96. The first kappa shape index (κ1) is 11.5. The number of benzene rings is 1. The number of thiophene rings is 1. The Morgan fingerprint density at radius 1 is 1.24 bits per heavy atom. The van der Waals surface area contributed by atoms with Crippen LogP contribution in [0.25, 0.3) is 6.08 Å². The highest BCUT2D eigenvalue weighted by Crippen LogP contribution is 2.19. The second-order valence-electron chi connectivity index (χ2n) is 3.45. The minimum absolute atomic E-state index is 0.693. The maximum Gasteiger partial charge on any atom is 0.240 e. The largest absolute Gasteiger partial charge is 0.240 e. The molecule has 0 amide bonds. The van der Waals surface area contributed by atoms with Gasteiger partial charge in [-0.3, -0.25) is 0 Å². The van der Waals surface area contributed by atoms with Crippen LogP contribution in [0.2, 0.25) is 0 Å². The number of para-hydroxylation sites is 1. The molecule has 2 nitrogen and oxygen atoms in total. The molecule has 2 aromatic rings. The van der Waals surface area contributed by atoms with Crippen molar-refractivity contribution in [3.8, 4) is 0 Å². The van der Waals surface area contributed by atoms with Crippen LogP contribution in [0.1, 0.15) is 10.4 Å². The smallest absolute Gasteiger partial charge is 0.211 e. The molecule has 0 unspecified atom stereocenters. The quantitative estimate of drug-likeness (QED) is 0.588. The van der Waals surface area contributed by atoms with Crippen LogP contribution in [-0.4, -0.2) is 6.08 Å². The summed E-state index contributed by atoms with van der Waals surface area (Å²) in [5, 5.41) is 2.05. The van der Waals surface area contributed by atoms with Gasteiger partial charge in [-0.15, -0.1) is 11.3 Å². The van der Waals surface area contributed by atoms with Crippen molar-refractivity contribution in [2.75, 3.05) is 0 Å². The normalized spacial score (nSPS) is 10.4. The SMILES string of the molecule is O=C=Nc1ccccc1C/C=C/c1cccs1. The molecule has 0 aliphatic heterocycles. The molecule has 0 aliphatic carbocycles. The van der Waals surface area contributed by atoms with Crippen LogP contribution in [0, 0.1) is 0 Å². The van der Waals surface area contributed by atoms with Gasteiger partial charge in [-0.05, 0) is 35.6 Å². The number of nitrogens with zero attached hydrogens (tertiary/aromatic N) is 1. The Balaban J connectivity index is 2.11. The van der Waals surface area contributed by atoms with Crippen LogP contribution in [0.4, 0.5) is 5.69 Å². The van der Waals surface area contributed by atoms with E-state index in [1.54, 1.807) is 17.4 Å². The summed E-state index contributed by atoms with van der Waals surface area (Å²) in [7, 11) is 0. The summed E-state index contributed by atoms with van der Waals surface area (Å²) < 4.78 is 0. The Morgan fingerprint density at radius 3 is 2.88 bits per heavy atom. The third kappa shape index (κ3) is 3.25. The van der Waals surface area contributed by atoms with Crippen LogP contribution in [0.3, 0.4) is 0 Å². The van der Waals surface area contributed by atoms with Crippen molar-refractivity contribution < 1.29 is 4.79 Å². The highest BCUT2D eigenvalue weighted by molar-refractivity contribution is 7.10. The average molecular weight is 241 g/mol. The fraction of sp³-hybridized carbons (Fsp3) is 0.0714. The summed E-state index contributed by atoms with van der Waals surface area (Å²) in [6, 6.07) is 11.7. The first-order valence-corrected chi connectivity index (χ1v) is 6.14. The number of rotatable bonds is 4. The van der Waals surface area contributed by atoms with Crippen LogP contribution < -0.4 is 0 Å². The molecule has 0 saturated heterocycles. The number of carbonyl (C=O) groups excluding carboxylic acids is 1. The Bertz CT molecular complexity index is 551. The van der Waals surface area contributed by atoms with Gasteiger partial charge in [-0.25, -0.2) is 4.79 Å². The van der Waals surface area contributed by atoms with Crippen molar-refractivity contribution in [3.05, 3.63) is 58.3 Å². The van der Waals surface area contributed by atoms with E-state index in [9.17, 15) is 4.79 Å². The van der Waals surface area contributed by atoms with E-state index in [0.29, 0.717) is 5.69 Å². The summed E-state index contributed by atoms with van der Waals surface area (Å²) in [6.45, 7) is 0. The van der Waals surface area contributed by atoms with Gasteiger partial charge < -0.3 is 0 Å². The second-order valence-corrected chi connectivity index (χ2v) is 4.43. The van der Waals surface area contributed by atoms with Crippen molar-refractivity contribution in [3.63, 3.8) is 0 Å². The van der Waals surface area contributed by atoms with Gasteiger partial charge in [0.05, 0.1) is 5.69 Å². The van der Waals surface area contributed by atoms with Crippen molar-refractivity contribution in [1.29, 1.82) is 0 Å². The van der Waals surface area contributed by atoms with Crippen LogP contribution in [0.5, 0.6) is 0 Å². The van der Waals surface area contributed by atoms with Gasteiger partial charge in [0.25, 0.3) is 0 Å². The van der Waals surface area contributed by atoms with Gasteiger partial charge in [0.2, 0.25) is 6.08 Å². The number of hydrogen-bond acceptors (Lipinski definition) is 3. The highest BCUT2D eigenvalue weighted by Gasteiger charge is 1.97. The summed E-state index contributed by atoms with van der Waals surface area (Å²) in [4.78, 5) is 15.2. The van der Waals surface area contributed by atoms with Crippen molar-refractivity contribution in [1.82, 2.24) is 0 Å². The van der Waals surface area contributed by atoms with E-state index in [4.69, 9.17) is 0 Å². The molecular weight excluding hydrogens is 230 g/mol. The molecule has 0 N–H and O–H groups in total. The summed E-state index contributed by atoms with van der Waals surface area (Å²) in [5.41, 5.74) is 1.72. The van der Waals surface area contributed by atoms with Gasteiger partial charge in [-0.1, -0.05) is 30.3 Å². The molecule has 0 radical (unpaired) electrons. The minimum Gasteiger partial charge on any atom is -0.211 e. The van der Waals surface area contributed by atoms with Gasteiger partial charge >= 0.3 is 0 Å². The fourth-order valence-electron chi connectivity index (χ4n) is 1.53. The molecule has 0 aliphatic rings. The van der Waals surface area contributed by atoms with E-state index in [1.165, 1.54) is 4.88 Å². The average Bonchev–Trinajstić information content (AvgIpc) is 2.85. The van der Waals surface area contributed by atoms with E-state index in [-0.39, 0.29) is 0 Å². The predicted octanol–water partition coefficient (Wildman–Crippen LogP) is 3.97.